The molecule has 0 radical (unpaired) electrons. The largest absolute Gasteiger partial charge is 0.478 e. The molecule has 0 amide bonds. The molecule has 6 nitrogen and oxygen atoms in total. The van der Waals surface area contributed by atoms with Crippen LogP contribution in [0.4, 0.5) is 0 Å². The van der Waals surface area contributed by atoms with Crippen molar-refractivity contribution in [1.29, 1.82) is 0 Å². The van der Waals surface area contributed by atoms with E-state index in [1.165, 1.54) is 0 Å². The van der Waals surface area contributed by atoms with Gasteiger partial charge in [-0.05, 0) is 43.9 Å². The summed E-state index contributed by atoms with van der Waals surface area (Å²) in [6.07, 6.45) is 5.87. The average Bonchev–Trinajstić information content (AvgIpc) is 2.59. The van der Waals surface area contributed by atoms with E-state index in [1.807, 2.05) is 13.8 Å². The molecule has 6 heteroatoms. The van der Waals surface area contributed by atoms with Crippen molar-refractivity contribution in [2.24, 2.45) is 11.8 Å². The Balaban J connectivity index is -0.000000350. The van der Waals surface area contributed by atoms with E-state index in [2.05, 4.69) is 40.5 Å². The van der Waals surface area contributed by atoms with Crippen LogP contribution in [0.1, 0.15) is 79.6 Å². The third-order valence-corrected chi connectivity index (χ3v) is 3.67. The molecule has 29 heavy (non-hydrogen) atoms. The van der Waals surface area contributed by atoms with Crippen LogP contribution in [0.25, 0.3) is 0 Å². The summed E-state index contributed by atoms with van der Waals surface area (Å²) in [7, 11) is 0. The maximum Gasteiger partial charge on any atom is 0.330 e. The maximum absolute atomic E-state index is 10.2. The maximum atomic E-state index is 10.2. The molecule has 0 rings (SSSR count). The molecule has 168 valence electrons. The molecule has 0 aliphatic rings. The lowest BCUT2D eigenvalue weighted by Crippen LogP contribution is -2.01. The molecule has 0 unspecified atom stereocenters. The van der Waals surface area contributed by atoms with E-state index in [0.717, 1.165) is 25.7 Å². The van der Waals surface area contributed by atoms with E-state index in [1.54, 1.807) is 0 Å². The lowest BCUT2D eigenvalue weighted by Gasteiger charge is -2.02. The van der Waals surface area contributed by atoms with Crippen LogP contribution >= 0.6 is 0 Å². The Morgan fingerprint density at radius 3 is 1.38 bits per heavy atom. The van der Waals surface area contributed by atoms with Crippen LogP contribution in [0.2, 0.25) is 0 Å². The molecule has 0 atom stereocenters. The molecule has 0 saturated heterocycles. The van der Waals surface area contributed by atoms with Gasteiger partial charge >= 0.3 is 17.9 Å². The molecule has 0 aromatic heterocycles. The SMILES string of the molecule is C=C(CC(C)C)C(=O)O.C=C(CCC(C)C)C(=O)O.C=C(CCCCC)C(=O)O. The summed E-state index contributed by atoms with van der Waals surface area (Å²) in [6, 6.07) is 0. The first-order valence-corrected chi connectivity index (χ1v) is 9.99. The Hall–Kier alpha value is -2.37. The van der Waals surface area contributed by atoms with Gasteiger partial charge < -0.3 is 15.3 Å². The summed E-state index contributed by atoms with van der Waals surface area (Å²) in [5.74, 6) is -1.69. The smallest absolute Gasteiger partial charge is 0.330 e. The molecule has 0 bridgehead atoms. The minimum Gasteiger partial charge on any atom is -0.478 e. The molecule has 0 saturated carbocycles. The average molecular weight is 413 g/mol. The van der Waals surface area contributed by atoms with Crippen molar-refractivity contribution >= 4 is 17.9 Å². The van der Waals surface area contributed by atoms with Crippen molar-refractivity contribution in [3.8, 4) is 0 Å². The molecule has 0 aromatic carbocycles. The van der Waals surface area contributed by atoms with Crippen molar-refractivity contribution in [2.75, 3.05) is 0 Å². The summed E-state index contributed by atoms with van der Waals surface area (Å²) in [5.41, 5.74) is 0.937. The summed E-state index contributed by atoms with van der Waals surface area (Å²) < 4.78 is 0. The fraction of sp³-hybridized carbons (Fsp3) is 0.609. The lowest BCUT2D eigenvalue weighted by molar-refractivity contribution is -0.133. The zero-order valence-electron chi connectivity index (χ0n) is 18.8. The molecule has 0 heterocycles. The van der Waals surface area contributed by atoms with E-state index < -0.39 is 17.9 Å². The Morgan fingerprint density at radius 2 is 1.10 bits per heavy atom. The van der Waals surface area contributed by atoms with Crippen LogP contribution in [-0.2, 0) is 14.4 Å². The van der Waals surface area contributed by atoms with Gasteiger partial charge in [0.25, 0.3) is 0 Å². The van der Waals surface area contributed by atoms with E-state index >= 15 is 0 Å². The van der Waals surface area contributed by atoms with Crippen LogP contribution in [0, 0.1) is 11.8 Å². The highest BCUT2D eigenvalue weighted by atomic mass is 16.4. The van der Waals surface area contributed by atoms with Gasteiger partial charge in [-0.2, -0.15) is 0 Å². The third-order valence-electron chi connectivity index (χ3n) is 3.67. The number of aliphatic carboxylic acids is 3. The fourth-order valence-electron chi connectivity index (χ4n) is 1.85. The summed E-state index contributed by atoms with van der Waals surface area (Å²) in [5, 5.41) is 25.1. The molecule has 0 aromatic rings. The van der Waals surface area contributed by atoms with Crippen LogP contribution < -0.4 is 0 Å². The first-order chi connectivity index (χ1) is 13.3. The first kappa shape index (κ1) is 31.3. The quantitative estimate of drug-likeness (QED) is 0.270. The van der Waals surface area contributed by atoms with Crippen LogP contribution in [0.15, 0.2) is 36.5 Å². The summed E-state index contributed by atoms with van der Waals surface area (Å²) in [4.78, 5) is 30.5. The minimum absolute atomic E-state index is 0.296. The topological polar surface area (TPSA) is 112 Å². The Labute approximate surface area is 176 Å². The van der Waals surface area contributed by atoms with E-state index in [9.17, 15) is 14.4 Å². The molecule has 3 N–H and O–H groups in total. The fourth-order valence-corrected chi connectivity index (χ4v) is 1.85. The predicted octanol–water partition coefficient (Wildman–Crippen LogP) is 5.94. The molecular formula is C23H40O6. The normalized spacial score (nSPS) is 9.62. The predicted molar refractivity (Wildman–Crippen MR) is 118 cm³/mol. The van der Waals surface area contributed by atoms with Gasteiger partial charge in [0.15, 0.2) is 0 Å². The van der Waals surface area contributed by atoms with E-state index in [-0.39, 0.29) is 0 Å². The molecule has 0 aliphatic heterocycles. The number of rotatable bonds is 12. The number of hydrogen-bond acceptors (Lipinski definition) is 3. The number of carboxylic acids is 3. The number of unbranched alkanes of at least 4 members (excludes halogenated alkanes) is 2. The second kappa shape index (κ2) is 19.0. The van der Waals surface area contributed by atoms with E-state index in [0.29, 0.717) is 47.8 Å². The van der Waals surface area contributed by atoms with E-state index in [4.69, 9.17) is 15.3 Å². The van der Waals surface area contributed by atoms with Crippen molar-refractivity contribution in [1.82, 2.24) is 0 Å². The molecule has 0 aliphatic carbocycles. The Morgan fingerprint density at radius 1 is 0.690 bits per heavy atom. The van der Waals surface area contributed by atoms with Gasteiger partial charge in [-0.15, -0.1) is 0 Å². The van der Waals surface area contributed by atoms with Gasteiger partial charge in [0.05, 0.1) is 0 Å². The van der Waals surface area contributed by atoms with Gasteiger partial charge in [0.1, 0.15) is 0 Å². The Kier molecular flexibility index (Phi) is 20.5. The van der Waals surface area contributed by atoms with Crippen molar-refractivity contribution in [3.05, 3.63) is 36.5 Å². The molecule has 0 fully saturated rings. The second-order valence-electron chi connectivity index (χ2n) is 7.71. The van der Waals surface area contributed by atoms with Crippen molar-refractivity contribution in [2.45, 2.75) is 79.6 Å². The summed E-state index contributed by atoms with van der Waals surface area (Å²) in [6.45, 7) is 20.4. The zero-order chi connectivity index (χ0) is 23.6. The van der Waals surface area contributed by atoms with Crippen molar-refractivity contribution in [3.63, 3.8) is 0 Å². The van der Waals surface area contributed by atoms with Gasteiger partial charge in [-0.3, -0.25) is 0 Å². The van der Waals surface area contributed by atoms with Gasteiger partial charge in [-0.1, -0.05) is 67.2 Å². The van der Waals surface area contributed by atoms with Crippen LogP contribution in [0.3, 0.4) is 0 Å². The second-order valence-corrected chi connectivity index (χ2v) is 7.71. The highest BCUT2D eigenvalue weighted by molar-refractivity contribution is 5.86. The number of hydrogen-bond donors (Lipinski definition) is 3. The minimum atomic E-state index is -0.885. The highest BCUT2D eigenvalue weighted by Gasteiger charge is 2.05. The standard InChI is InChI=1S/2C8H14O2.C7H12O2/c1-6(2)4-5-7(3)8(9)10;1-3-4-5-6-7(2)8(9)10;1-5(2)4-6(3)7(8)9/h6H,3-5H2,1-2H3,(H,9,10);2-6H2,1H3,(H,9,10);5H,3-4H2,1-2H3,(H,8,9). The van der Waals surface area contributed by atoms with Crippen molar-refractivity contribution < 1.29 is 29.7 Å². The summed E-state index contributed by atoms with van der Waals surface area (Å²) >= 11 is 0. The monoisotopic (exact) mass is 412 g/mol. The lowest BCUT2D eigenvalue weighted by atomic mass is 10.0. The van der Waals surface area contributed by atoms with Gasteiger partial charge in [-0.25, -0.2) is 14.4 Å². The number of carboxylic acid groups (broad SMARTS) is 3. The van der Waals surface area contributed by atoms with Gasteiger partial charge in [0, 0.05) is 16.7 Å². The first-order valence-electron chi connectivity index (χ1n) is 9.99. The number of carbonyl (C=O) groups is 3. The third kappa shape index (κ3) is 25.6. The highest BCUT2D eigenvalue weighted by Crippen LogP contribution is 2.09. The molecular weight excluding hydrogens is 372 g/mol. The van der Waals surface area contributed by atoms with Gasteiger partial charge in [0.2, 0.25) is 0 Å². The molecule has 0 spiro atoms. The van der Waals surface area contributed by atoms with Crippen LogP contribution in [0.5, 0.6) is 0 Å². The van der Waals surface area contributed by atoms with Crippen LogP contribution in [-0.4, -0.2) is 33.2 Å². The zero-order valence-corrected chi connectivity index (χ0v) is 18.8. The Bertz CT molecular complexity index is 544.